The molecule has 0 unspecified atom stereocenters. The molecular formula is C9H13ClN2. The minimum absolute atomic E-state index is 0.0205. The Kier molecular flexibility index (Phi) is 2.58. The summed E-state index contributed by atoms with van der Waals surface area (Å²) >= 11 is 5.86. The first kappa shape index (κ1) is 9.33. The number of rotatable bonds is 1. The quantitative estimate of drug-likeness (QED) is 0.679. The summed E-state index contributed by atoms with van der Waals surface area (Å²) in [6, 6.07) is 3.78. The Bertz CT molecular complexity index is 265. The molecular weight excluding hydrogens is 172 g/mol. The van der Waals surface area contributed by atoms with Crippen LogP contribution in [-0.4, -0.2) is 10.5 Å². The van der Waals surface area contributed by atoms with Crippen LogP contribution in [0.25, 0.3) is 0 Å². The van der Waals surface area contributed by atoms with E-state index >= 15 is 0 Å². The number of hydrogen-bond donors (Lipinski definition) is 1. The van der Waals surface area contributed by atoms with Crippen LogP contribution in [0.3, 0.4) is 0 Å². The van der Waals surface area contributed by atoms with E-state index in [4.69, 9.17) is 11.6 Å². The predicted octanol–water partition coefficient (Wildman–Crippen LogP) is 2.95. The minimum atomic E-state index is 0.0205. The molecule has 0 saturated carbocycles. The van der Waals surface area contributed by atoms with E-state index in [1.807, 2.05) is 12.1 Å². The van der Waals surface area contributed by atoms with Crippen molar-refractivity contribution in [2.45, 2.75) is 26.3 Å². The maximum atomic E-state index is 5.86. The molecule has 0 aliphatic carbocycles. The average Bonchev–Trinajstić information content (AvgIpc) is 1.91. The Hall–Kier alpha value is -0.760. The van der Waals surface area contributed by atoms with E-state index < -0.39 is 0 Å². The van der Waals surface area contributed by atoms with Crippen LogP contribution in [0, 0.1) is 0 Å². The van der Waals surface area contributed by atoms with Crippen molar-refractivity contribution < 1.29 is 0 Å². The Balaban J connectivity index is 2.83. The van der Waals surface area contributed by atoms with Gasteiger partial charge in [-0.15, -0.1) is 0 Å². The van der Waals surface area contributed by atoms with Gasteiger partial charge in [0.2, 0.25) is 0 Å². The van der Waals surface area contributed by atoms with Crippen molar-refractivity contribution in [3.05, 3.63) is 23.5 Å². The van der Waals surface area contributed by atoms with Crippen LogP contribution in [0.1, 0.15) is 20.8 Å². The minimum Gasteiger partial charge on any atom is -0.378 e. The Morgan fingerprint density at radius 3 is 2.58 bits per heavy atom. The normalized spacial score (nSPS) is 11.3. The molecule has 1 rings (SSSR count). The van der Waals surface area contributed by atoms with Gasteiger partial charge in [0.05, 0.1) is 5.69 Å². The zero-order valence-corrected chi connectivity index (χ0v) is 8.31. The predicted molar refractivity (Wildman–Crippen MR) is 52.6 cm³/mol. The van der Waals surface area contributed by atoms with Crippen LogP contribution in [0.15, 0.2) is 18.3 Å². The van der Waals surface area contributed by atoms with Crippen LogP contribution in [-0.2, 0) is 0 Å². The summed E-state index contributed by atoms with van der Waals surface area (Å²) in [5.74, 6) is 0. The van der Waals surface area contributed by atoms with E-state index in [1.165, 1.54) is 0 Å². The van der Waals surface area contributed by atoms with Gasteiger partial charge in [-0.05, 0) is 32.9 Å². The van der Waals surface area contributed by atoms with Crippen molar-refractivity contribution in [1.82, 2.24) is 4.98 Å². The lowest BCUT2D eigenvalue weighted by Crippen LogP contribution is -2.26. The standard InChI is InChI=1S/C9H13ClN2/c1-9(2,3)12-7-5-4-6-11-8(7)10/h4-6,12H,1-3H3. The number of aromatic nitrogens is 1. The fourth-order valence-electron chi connectivity index (χ4n) is 0.883. The molecule has 0 radical (unpaired) electrons. The molecule has 0 bridgehead atoms. The molecule has 1 heterocycles. The maximum absolute atomic E-state index is 5.86. The van der Waals surface area contributed by atoms with E-state index in [9.17, 15) is 0 Å². The van der Waals surface area contributed by atoms with Gasteiger partial charge in [0.25, 0.3) is 0 Å². The maximum Gasteiger partial charge on any atom is 0.152 e. The summed E-state index contributed by atoms with van der Waals surface area (Å²) in [7, 11) is 0. The topological polar surface area (TPSA) is 24.9 Å². The van der Waals surface area contributed by atoms with Crippen LogP contribution in [0.5, 0.6) is 0 Å². The van der Waals surface area contributed by atoms with Crippen LogP contribution in [0.2, 0.25) is 5.15 Å². The number of nitrogens with one attached hydrogen (secondary N) is 1. The molecule has 0 atom stereocenters. The Morgan fingerprint density at radius 2 is 2.08 bits per heavy atom. The first-order chi connectivity index (χ1) is 5.49. The summed E-state index contributed by atoms with van der Waals surface area (Å²) in [5.41, 5.74) is 0.902. The molecule has 1 aromatic rings. The molecule has 2 nitrogen and oxygen atoms in total. The Morgan fingerprint density at radius 1 is 1.42 bits per heavy atom. The van der Waals surface area contributed by atoms with Gasteiger partial charge < -0.3 is 5.32 Å². The highest BCUT2D eigenvalue weighted by Gasteiger charge is 2.10. The lowest BCUT2D eigenvalue weighted by molar-refractivity contribution is 0.633. The highest BCUT2D eigenvalue weighted by Crippen LogP contribution is 2.21. The molecule has 1 aromatic heterocycles. The van der Waals surface area contributed by atoms with E-state index in [0.717, 1.165) is 5.69 Å². The molecule has 0 aromatic carbocycles. The lowest BCUT2D eigenvalue weighted by atomic mass is 10.1. The van der Waals surface area contributed by atoms with Crippen molar-refractivity contribution in [2.75, 3.05) is 5.32 Å². The van der Waals surface area contributed by atoms with Gasteiger partial charge >= 0.3 is 0 Å². The number of hydrogen-bond acceptors (Lipinski definition) is 2. The third kappa shape index (κ3) is 2.70. The van der Waals surface area contributed by atoms with Gasteiger partial charge in [-0.25, -0.2) is 4.98 Å². The second-order valence-electron chi connectivity index (χ2n) is 3.72. The summed E-state index contributed by atoms with van der Waals surface area (Å²) in [5, 5.41) is 3.78. The summed E-state index contributed by atoms with van der Waals surface area (Å²) in [6.45, 7) is 6.24. The molecule has 0 saturated heterocycles. The van der Waals surface area contributed by atoms with Crippen molar-refractivity contribution in [2.24, 2.45) is 0 Å². The van der Waals surface area contributed by atoms with Gasteiger partial charge in [0.15, 0.2) is 5.15 Å². The average molecular weight is 185 g/mol. The van der Waals surface area contributed by atoms with Crippen molar-refractivity contribution in [3.8, 4) is 0 Å². The molecule has 3 heteroatoms. The van der Waals surface area contributed by atoms with E-state index in [-0.39, 0.29) is 5.54 Å². The number of anilines is 1. The zero-order chi connectivity index (χ0) is 9.19. The highest BCUT2D eigenvalue weighted by molar-refractivity contribution is 6.31. The second kappa shape index (κ2) is 3.31. The summed E-state index contributed by atoms with van der Waals surface area (Å²) in [6.07, 6.45) is 1.68. The second-order valence-corrected chi connectivity index (χ2v) is 4.07. The van der Waals surface area contributed by atoms with Gasteiger partial charge in [-0.1, -0.05) is 11.6 Å². The summed E-state index contributed by atoms with van der Waals surface area (Å²) in [4.78, 5) is 3.97. The van der Waals surface area contributed by atoms with Gasteiger partial charge in [-0.2, -0.15) is 0 Å². The third-order valence-electron chi connectivity index (χ3n) is 1.27. The zero-order valence-electron chi connectivity index (χ0n) is 7.56. The monoisotopic (exact) mass is 184 g/mol. The van der Waals surface area contributed by atoms with E-state index in [2.05, 4.69) is 31.1 Å². The molecule has 0 aliphatic heterocycles. The lowest BCUT2D eigenvalue weighted by Gasteiger charge is -2.22. The van der Waals surface area contributed by atoms with Gasteiger partial charge in [0, 0.05) is 11.7 Å². The molecule has 0 amide bonds. The summed E-state index contributed by atoms with van der Waals surface area (Å²) < 4.78 is 0. The molecule has 0 spiro atoms. The fraction of sp³-hybridized carbons (Fsp3) is 0.444. The molecule has 12 heavy (non-hydrogen) atoms. The van der Waals surface area contributed by atoms with E-state index in [0.29, 0.717) is 5.15 Å². The molecule has 0 aliphatic rings. The first-order valence-corrected chi connectivity index (χ1v) is 4.25. The number of nitrogens with zero attached hydrogens (tertiary/aromatic N) is 1. The molecule has 1 N–H and O–H groups in total. The van der Waals surface area contributed by atoms with Gasteiger partial charge in [-0.3, -0.25) is 0 Å². The SMILES string of the molecule is CC(C)(C)Nc1cccnc1Cl. The number of halogens is 1. The number of pyridine rings is 1. The smallest absolute Gasteiger partial charge is 0.152 e. The van der Waals surface area contributed by atoms with Crippen LogP contribution < -0.4 is 5.32 Å². The van der Waals surface area contributed by atoms with Crippen molar-refractivity contribution in [1.29, 1.82) is 0 Å². The largest absolute Gasteiger partial charge is 0.378 e. The van der Waals surface area contributed by atoms with Crippen molar-refractivity contribution in [3.63, 3.8) is 0 Å². The molecule has 0 fully saturated rings. The fourth-order valence-corrected chi connectivity index (χ4v) is 1.05. The Labute approximate surface area is 78.0 Å². The van der Waals surface area contributed by atoms with Crippen LogP contribution in [0.4, 0.5) is 5.69 Å². The van der Waals surface area contributed by atoms with Crippen LogP contribution >= 0.6 is 11.6 Å². The van der Waals surface area contributed by atoms with Gasteiger partial charge in [0.1, 0.15) is 0 Å². The third-order valence-corrected chi connectivity index (χ3v) is 1.57. The molecule has 66 valence electrons. The first-order valence-electron chi connectivity index (χ1n) is 3.88. The highest BCUT2D eigenvalue weighted by atomic mass is 35.5. The van der Waals surface area contributed by atoms with E-state index in [1.54, 1.807) is 6.20 Å². The van der Waals surface area contributed by atoms with Crippen molar-refractivity contribution >= 4 is 17.3 Å².